The first kappa shape index (κ1) is 19.5. The van der Waals surface area contributed by atoms with Crippen molar-refractivity contribution >= 4 is 24.3 Å². The third kappa shape index (κ3) is 5.53. The average Bonchev–Trinajstić information content (AvgIpc) is 3.00. The quantitative estimate of drug-likeness (QED) is 0.739. The normalized spacial score (nSPS) is 18.1. The number of piperidine rings is 1. The number of esters is 1. The van der Waals surface area contributed by atoms with E-state index in [1.807, 2.05) is 0 Å². The van der Waals surface area contributed by atoms with Crippen LogP contribution in [0.4, 0.5) is 0 Å². The maximum atomic E-state index is 12.0. The molecule has 1 aromatic rings. The van der Waals surface area contributed by atoms with Crippen molar-refractivity contribution in [1.29, 1.82) is 0 Å². The molecule has 0 bridgehead atoms. The van der Waals surface area contributed by atoms with Crippen LogP contribution in [-0.2, 0) is 16.1 Å². The minimum Gasteiger partial charge on any atom is -0.463 e. The first-order valence-electron chi connectivity index (χ1n) is 7.51. The summed E-state index contributed by atoms with van der Waals surface area (Å²) < 4.78 is 10.1. The van der Waals surface area contributed by atoms with Crippen molar-refractivity contribution in [1.82, 2.24) is 10.2 Å². The maximum absolute atomic E-state index is 12.0. The molecule has 0 aromatic carbocycles. The fourth-order valence-electron chi connectivity index (χ4n) is 2.65. The zero-order valence-corrected chi connectivity index (χ0v) is 14.1. The minimum absolute atomic E-state index is 0. The zero-order valence-electron chi connectivity index (χ0n) is 13.2. The minimum atomic E-state index is -0.482. The highest BCUT2D eigenvalue weighted by Gasteiger charge is 2.26. The van der Waals surface area contributed by atoms with Crippen molar-refractivity contribution in [2.75, 3.05) is 33.3 Å². The Kier molecular flexibility index (Phi) is 8.08. The molecule has 2 heterocycles. The molecule has 23 heavy (non-hydrogen) atoms. The van der Waals surface area contributed by atoms with Gasteiger partial charge in [0.25, 0.3) is 0 Å². The van der Waals surface area contributed by atoms with Crippen molar-refractivity contribution in [2.24, 2.45) is 11.7 Å². The van der Waals surface area contributed by atoms with Gasteiger partial charge in [-0.1, -0.05) is 0 Å². The van der Waals surface area contributed by atoms with Crippen LogP contribution in [0.3, 0.4) is 0 Å². The molecule has 3 N–H and O–H groups in total. The molecular formula is C15H24ClN3O4. The molecule has 1 atom stereocenters. The van der Waals surface area contributed by atoms with Gasteiger partial charge in [0, 0.05) is 19.6 Å². The maximum Gasteiger partial charge on any atom is 0.373 e. The van der Waals surface area contributed by atoms with Crippen molar-refractivity contribution < 1.29 is 18.7 Å². The van der Waals surface area contributed by atoms with E-state index in [2.05, 4.69) is 15.0 Å². The van der Waals surface area contributed by atoms with Gasteiger partial charge in [-0.3, -0.25) is 9.69 Å². The van der Waals surface area contributed by atoms with E-state index in [1.165, 1.54) is 7.11 Å². The molecule has 1 aliphatic heterocycles. The number of nitrogens with one attached hydrogen (secondary N) is 1. The van der Waals surface area contributed by atoms with E-state index in [0.717, 1.165) is 19.4 Å². The highest BCUT2D eigenvalue weighted by Crippen LogP contribution is 2.20. The van der Waals surface area contributed by atoms with Crippen LogP contribution in [0.1, 0.15) is 29.2 Å². The Labute approximate surface area is 141 Å². The van der Waals surface area contributed by atoms with E-state index >= 15 is 0 Å². The van der Waals surface area contributed by atoms with E-state index in [4.69, 9.17) is 10.2 Å². The molecule has 0 radical (unpaired) electrons. The van der Waals surface area contributed by atoms with Crippen LogP contribution >= 0.6 is 12.4 Å². The molecule has 2 rings (SSSR count). The van der Waals surface area contributed by atoms with Crippen molar-refractivity contribution in [3.05, 3.63) is 23.7 Å². The van der Waals surface area contributed by atoms with Gasteiger partial charge in [0.2, 0.25) is 11.7 Å². The van der Waals surface area contributed by atoms with Gasteiger partial charge in [-0.25, -0.2) is 4.79 Å². The number of furan rings is 1. The summed E-state index contributed by atoms with van der Waals surface area (Å²) in [5.74, 6) is 0.458. The molecule has 0 spiro atoms. The Hall–Kier alpha value is -1.57. The molecular weight excluding hydrogens is 322 g/mol. The SMILES string of the molecule is COC(=O)c1ccc(CN2CCCC(C(=O)NCCN)C2)o1.Cl. The second-order valence-electron chi connectivity index (χ2n) is 5.41. The third-order valence-electron chi connectivity index (χ3n) is 3.75. The lowest BCUT2D eigenvalue weighted by molar-refractivity contribution is -0.126. The Bertz CT molecular complexity index is 521. The van der Waals surface area contributed by atoms with Gasteiger partial charge in [-0.15, -0.1) is 12.4 Å². The number of nitrogens with two attached hydrogens (primary N) is 1. The number of ether oxygens (including phenoxy) is 1. The van der Waals surface area contributed by atoms with Crippen LogP contribution in [0, 0.1) is 5.92 Å². The van der Waals surface area contributed by atoms with Gasteiger partial charge in [0.1, 0.15) is 5.76 Å². The van der Waals surface area contributed by atoms with E-state index in [9.17, 15) is 9.59 Å². The predicted molar refractivity (Wildman–Crippen MR) is 87.4 cm³/mol. The van der Waals surface area contributed by atoms with Crippen LogP contribution in [0.15, 0.2) is 16.5 Å². The van der Waals surface area contributed by atoms with Crippen LogP contribution in [0.5, 0.6) is 0 Å². The lowest BCUT2D eigenvalue weighted by Crippen LogP contribution is -2.43. The number of carbonyl (C=O) groups is 2. The number of amides is 1. The van der Waals surface area contributed by atoms with E-state index < -0.39 is 5.97 Å². The summed E-state index contributed by atoms with van der Waals surface area (Å²) in [6, 6.07) is 3.38. The summed E-state index contributed by atoms with van der Waals surface area (Å²) in [4.78, 5) is 25.5. The van der Waals surface area contributed by atoms with Gasteiger partial charge < -0.3 is 20.2 Å². The molecule has 0 saturated carbocycles. The highest BCUT2D eigenvalue weighted by molar-refractivity contribution is 5.86. The Morgan fingerprint density at radius 1 is 1.48 bits per heavy atom. The molecule has 7 nitrogen and oxygen atoms in total. The number of hydrogen-bond donors (Lipinski definition) is 2. The lowest BCUT2D eigenvalue weighted by atomic mass is 9.97. The summed E-state index contributed by atoms with van der Waals surface area (Å²) in [5.41, 5.74) is 5.40. The van der Waals surface area contributed by atoms with Crippen molar-refractivity contribution in [2.45, 2.75) is 19.4 Å². The number of hydrogen-bond acceptors (Lipinski definition) is 6. The Morgan fingerprint density at radius 3 is 2.96 bits per heavy atom. The summed E-state index contributed by atoms with van der Waals surface area (Å²) in [7, 11) is 1.32. The number of carbonyl (C=O) groups excluding carboxylic acids is 2. The zero-order chi connectivity index (χ0) is 15.9. The van der Waals surface area contributed by atoms with E-state index in [0.29, 0.717) is 31.9 Å². The molecule has 1 aromatic heterocycles. The first-order chi connectivity index (χ1) is 10.6. The fourth-order valence-corrected chi connectivity index (χ4v) is 2.65. The number of likely N-dealkylation sites (tertiary alicyclic amines) is 1. The fraction of sp³-hybridized carbons (Fsp3) is 0.600. The second-order valence-corrected chi connectivity index (χ2v) is 5.41. The van der Waals surface area contributed by atoms with Gasteiger partial charge in [-0.2, -0.15) is 0 Å². The summed E-state index contributed by atoms with van der Waals surface area (Å²) in [6.07, 6.45) is 1.85. The Morgan fingerprint density at radius 2 is 2.26 bits per heavy atom. The van der Waals surface area contributed by atoms with E-state index in [1.54, 1.807) is 12.1 Å². The van der Waals surface area contributed by atoms with Crippen LogP contribution in [0.2, 0.25) is 0 Å². The number of halogens is 1. The monoisotopic (exact) mass is 345 g/mol. The standard InChI is InChI=1S/C15H23N3O4.ClH/c1-21-15(20)13-5-4-12(22-13)10-18-8-2-3-11(9-18)14(19)17-7-6-16;/h4-5,11H,2-3,6-10,16H2,1H3,(H,17,19);1H. The second kappa shape index (κ2) is 9.54. The van der Waals surface area contributed by atoms with Gasteiger partial charge >= 0.3 is 5.97 Å². The van der Waals surface area contributed by atoms with Gasteiger partial charge in [0.15, 0.2) is 0 Å². The lowest BCUT2D eigenvalue weighted by Gasteiger charge is -2.31. The number of nitrogens with zero attached hydrogens (tertiary/aromatic N) is 1. The molecule has 130 valence electrons. The smallest absolute Gasteiger partial charge is 0.373 e. The first-order valence-corrected chi connectivity index (χ1v) is 7.51. The largest absolute Gasteiger partial charge is 0.463 e. The summed E-state index contributed by atoms with van der Waals surface area (Å²) in [6.45, 7) is 3.14. The van der Waals surface area contributed by atoms with E-state index in [-0.39, 0.29) is 30.0 Å². The third-order valence-corrected chi connectivity index (χ3v) is 3.75. The van der Waals surface area contributed by atoms with Crippen LogP contribution < -0.4 is 11.1 Å². The van der Waals surface area contributed by atoms with Crippen LogP contribution in [0.25, 0.3) is 0 Å². The topological polar surface area (TPSA) is 97.8 Å². The van der Waals surface area contributed by atoms with Gasteiger partial charge in [0.05, 0.1) is 19.6 Å². The molecule has 8 heteroatoms. The molecule has 1 fully saturated rings. The summed E-state index contributed by atoms with van der Waals surface area (Å²) in [5, 5.41) is 2.84. The van der Waals surface area contributed by atoms with Crippen LogP contribution in [-0.4, -0.2) is 50.1 Å². The van der Waals surface area contributed by atoms with Gasteiger partial charge in [-0.05, 0) is 31.5 Å². The molecule has 1 amide bonds. The highest BCUT2D eigenvalue weighted by atomic mass is 35.5. The predicted octanol–water partition coefficient (Wildman–Crippen LogP) is 0.775. The Balaban J connectivity index is 0.00000264. The molecule has 1 unspecified atom stereocenters. The molecule has 1 saturated heterocycles. The number of rotatable bonds is 6. The molecule has 0 aliphatic carbocycles. The van der Waals surface area contributed by atoms with Crippen molar-refractivity contribution in [3.8, 4) is 0 Å². The molecule has 1 aliphatic rings. The average molecular weight is 346 g/mol. The number of methoxy groups -OCH3 is 1. The summed E-state index contributed by atoms with van der Waals surface area (Å²) >= 11 is 0. The van der Waals surface area contributed by atoms with Crippen molar-refractivity contribution in [3.63, 3.8) is 0 Å².